The van der Waals surface area contributed by atoms with Gasteiger partial charge in [0.25, 0.3) is 0 Å². The topological polar surface area (TPSA) is 48.7 Å². The van der Waals surface area contributed by atoms with E-state index in [1.165, 1.54) is 17.7 Å². The van der Waals surface area contributed by atoms with E-state index in [0.29, 0.717) is 11.5 Å². The average Bonchev–Trinajstić information content (AvgIpc) is 2.68. The summed E-state index contributed by atoms with van der Waals surface area (Å²) in [6, 6.07) is 4.17. The smallest absolute Gasteiger partial charge is 0.143 e. The Balaban J connectivity index is 2.50. The van der Waals surface area contributed by atoms with Crippen molar-refractivity contribution in [1.29, 1.82) is 5.26 Å². The van der Waals surface area contributed by atoms with Crippen molar-refractivity contribution in [2.75, 3.05) is 12.4 Å². The highest BCUT2D eigenvalue weighted by molar-refractivity contribution is 5.55. The molecule has 1 aliphatic carbocycles. The number of fused-ring (bicyclic) bond motifs is 1. The second-order valence-corrected chi connectivity index (χ2v) is 3.93. The van der Waals surface area contributed by atoms with Crippen molar-refractivity contribution in [1.82, 2.24) is 4.98 Å². The fraction of sp³-hybridized carbons (Fsp3) is 0.500. The number of hydrogen-bond donors (Lipinski definition) is 1. The van der Waals surface area contributed by atoms with Crippen LogP contribution in [-0.4, -0.2) is 12.0 Å². The number of nitrogens with one attached hydrogen (secondary N) is 1. The van der Waals surface area contributed by atoms with Crippen molar-refractivity contribution < 1.29 is 0 Å². The summed E-state index contributed by atoms with van der Waals surface area (Å²) in [5, 5.41) is 12.0. The lowest BCUT2D eigenvalue weighted by Gasteiger charge is -2.10. The van der Waals surface area contributed by atoms with Crippen LogP contribution in [-0.2, 0) is 6.42 Å². The van der Waals surface area contributed by atoms with Crippen LogP contribution in [0.1, 0.15) is 42.5 Å². The molecule has 1 aliphatic rings. The van der Waals surface area contributed by atoms with E-state index in [2.05, 4.69) is 23.3 Å². The third-order valence-corrected chi connectivity index (χ3v) is 3.13. The van der Waals surface area contributed by atoms with Crippen LogP contribution < -0.4 is 5.32 Å². The largest absolute Gasteiger partial charge is 0.372 e. The van der Waals surface area contributed by atoms with Gasteiger partial charge in [0.15, 0.2) is 0 Å². The fourth-order valence-corrected chi connectivity index (χ4v) is 2.26. The Hall–Kier alpha value is -1.56. The minimum Gasteiger partial charge on any atom is -0.372 e. The molecule has 1 aromatic heterocycles. The van der Waals surface area contributed by atoms with Crippen molar-refractivity contribution in [3.63, 3.8) is 0 Å². The van der Waals surface area contributed by atoms with E-state index in [-0.39, 0.29) is 0 Å². The van der Waals surface area contributed by atoms with E-state index >= 15 is 0 Å². The maximum absolute atomic E-state index is 8.97. The molecule has 0 bridgehead atoms. The van der Waals surface area contributed by atoms with E-state index in [0.717, 1.165) is 18.7 Å². The monoisotopic (exact) mass is 201 g/mol. The van der Waals surface area contributed by atoms with Gasteiger partial charge in [-0.3, -0.25) is 0 Å². The molecule has 1 unspecified atom stereocenters. The van der Waals surface area contributed by atoms with Gasteiger partial charge in [0.2, 0.25) is 0 Å². The summed E-state index contributed by atoms with van der Waals surface area (Å²) in [5.74, 6) is 1.30. The minimum absolute atomic E-state index is 0.583. The summed E-state index contributed by atoms with van der Waals surface area (Å²) in [4.78, 5) is 4.56. The number of rotatable bonds is 2. The van der Waals surface area contributed by atoms with Gasteiger partial charge in [-0.2, -0.15) is 5.26 Å². The van der Waals surface area contributed by atoms with Gasteiger partial charge in [-0.1, -0.05) is 6.92 Å². The molecular formula is C12H15N3. The lowest BCUT2D eigenvalue weighted by Crippen LogP contribution is -2.02. The number of aryl methyl sites for hydroxylation is 1. The molecule has 1 atom stereocenters. The van der Waals surface area contributed by atoms with Gasteiger partial charge in [0, 0.05) is 18.7 Å². The van der Waals surface area contributed by atoms with Crippen molar-refractivity contribution in [2.24, 2.45) is 0 Å². The molecule has 0 spiro atoms. The van der Waals surface area contributed by atoms with Crippen LogP contribution in [0.4, 0.5) is 5.82 Å². The van der Waals surface area contributed by atoms with Crippen molar-refractivity contribution in [3.05, 3.63) is 22.9 Å². The zero-order chi connectivity index (χ0) is 10.8. The van der Waals surface area contributed by atoms with E-state index in [4.69, 9.17) is 5.26 Å². The summed E-state index contributed by atoms with van der Waals surface area (Å²) >= 11 is 0. The zero-order valence-electron chi connectivity index (χ0n) is 9.17. The van der Waals surface area contributed by atoms with E-state index in [9.17, 15) is 0 Å². The number of hydrogen-bond acceptors (Lipinski definition) is 3. The van der Waals surface area contributed by atoms with Gasteiger partial charge >= 0.3 is 0 Å². The molecule has 1 heterocycles. The molecule has 0 amide bonds. The van der Waals surface area contributed by atoms with Gasteiger partial charge in [0.05, 0.1) is 5.56 Å². The molecular weight excluding hydrogens is 186 g/mol. The van der Waals surface area contributed by atoms with Gasteiger partial charge in [-0.15, -0.1) is 0 Å². The molecule has 15 heavy (non-hydrogen) atoms. The molecule has 0 saturated heterocycles. The number of pyridine rings is 1. The third kappa shape index (κ3) is 1.56. The van der Waals surface area contributed by atoms with Crippen molar-refractivity contribution >= 4 is 5.82 Å². The molecule has 1 aromatic rings. The first-order valence-corrected chi connectivity index (χ1v) is 5.41. The van der Waals surface area contributed by atoms with Crippen LogP contribution in [0.15, 0.2) is 6.07 Å². The molecule has 0 fully saturated rings. The average molecular weight is 201 g/mol. The number of nitriles is 1. The summed E-state index contributed by atoms with van der Waals surface area (Å²) in [5.41, 5.74) is 3.12. The number of anilines is 1. The van der Waals surface area contributed by atoms with Crippen LogP contribution in [0.2, 0.25) is 0 Å². The van der Waals surface area contributed by atoms with E-state index in [1.807, 2.05) is 13.1 Å². The molecule has 0 aliphatic heterocycles. The predicted octanol–water partition coefficient (Wildman–Crippen LogP) is 2.43. The lowest BCUT2D eigenvalue weighted by atomic mass is 10.0. The first kappa shape index (κ1) is 9.97. The standard InChI is InChI=1S/C12H15N3/c1-3-8-4-5-9-6-10(7-13)12(14-2)15-11(8)9/h6,8H,3-5H2,1-2H3,(H,14,15). The van der Waals surface area contributed by atoms with Crippen LogP contribution >= 0.6 is 0 Å². The Bertz CT molecular complexity index is 418. The molecule has 0 aromatic carbocycles. The minimum atomic E-state index is 0.583. The molecule has 3 nitrogen and oxygen atoms in total. The number of aromatic nitrogens is 1. The third-order valence-electron chi connectivity index (χ3n) is 3.13. The summed E-state index contributed by atoms with van der Waals surface area (Å²) in [6.07, 6.45) is 3.38. The fourth-order valence-electron chi connectivity index (χ4n) is 2.26. The Morgan fingerprint density at radius 2 is 2.47 bits per heavy atom. The van der Waals surface area contributed by atoms with Crippen LogP contribution in [0, 0.1) is 11.3 Å². The van der Waals surface area contributed by atoms with Gasteiger partial charge in [-0.05, 0) is 30.9 Å². The molecule has 1 N–H and O–H groups in total. The molecule has 3 heteroatoms. The van der Waals surface area contributed by atoms with Crippen molar-refractivity contribution in [3.8, 4) is 6.07 Å². The van der Waals surface area contributed by atoms with Gasteiger partial charge < -0.3 is 5.32 Å². The first-order chi connectivity index (χ1) is 7.30. The van der Waals surface area contributed by atoms with E-state index in [1.54, 1.807) is 0 Å². The maximum atomic E-state index is 8.97. The highest BCUT2D eigenvalue weighted by Crippen LogP contribution is 2.35. The maximum Gasteiger partial charge on any atom is 0.143 e. The molecule has 0 saturated carbocycles. The quantitative estimate of drug-likeness (QED) is 0.799. The highest BCUT2D eigenvalue weighted by atomic mass is 15.0. The van der Waals surface area contributed by atoms with Gasteiger partial charge in [0.1, 0.15) is 11.9 Å². The number of nitrogens with zero attached hydrogens (tertiary/aromatic N) is 2. The SMILES string of the molecule is CCC1CCc2cc(C#N)c(NC)nc21. The Morgan fingerprint density at radius 1 is 1.67 bits per heavy atom. The van der Waals surface area contributed by atoms with Crippen LogP contribution in [0.25, 0.3) is 0 Å². The van der Waals surface area contributed by atoms with Crippen LogP contribution in [0.3, 0.4) is 0 Å². The summed E-state index contributed by atoms with van der Waals surface area (Å²) < 4.78 is 0. The molecule has 2 rings (SSSR count). The second kappa shape index (κ2) is 3.90. The molecule has 0 radical (unpaired) electrons. The Morgan fingerprint density at radius 3 is 3.07 bits per heavy atom. The normalized spacial score (nSPS) is 18.3. The second-order valence-electron chi connectivity index (χ2n) is 3.93. The Kier molecular flexibility index (Phi) is 2.59. The lowest BCUT2D eigenvalue weighted by molar-refractivity contribution is 0.643. The molecule has 78 valence electrons. The van der Waals surface area contributed by atoms with E-state index < -0.39 is 0 Å². The van der Waals surface area contributed by atoms with Gasteiger partial charge in [-0.25, -0.2) is 4.98 Å². The summed E-state index contributed by atoms with van der Waals surface area (Å²) in [6.45, 7) is 2.19. The van der Waals surface area contributed by atoms with Crippen LogP contribution in [0.5, 0.6) is 0 Å². The summed E-state index contributed by atoms with van der Waals surface area (Å²) in [7, 11) is 1.81. The Labute approximate surface area is 90.1 Å². The highest BCUT2D eigenvalue weighted by Gasteiger charge is 2.24. The van der Waals surface area contributed by atoms with Crippen molar-refractivity contribution in [2.45, 2.75) is 32.1 Å². The predicted molar refractivity (Wildman–Crippen MR) is 59.9 cm³/mol. The first-order valence-electron chi connectivity index (χ1n) is 5.41. The zero-order valence-corrected chi connectivity index (χ0v) is 9.17.